The minimum absolute atomic E-state index is 0.106. The fourth-order valence-electron chi connectivity index (χ4n) is 2.71. The van der Waals surface area contributed by atoms with Gasteiger partial charge in [0.05, 0.1) is 0 Å². The Hall–Kier alpha value is -3.30. The molecule has 12 heteroatoms. The van der Waals surface area contributed by atoms with E-state index in [1.165, 1.54) is 17.6 Å². The van der Waals surface area contributed by atoms with Crippen molar-refractivity contribution in [3.8, 4) is 0 Å². The fraction of sp³-hybridized carbons (Fsp3) is 0.0435. The smallest absolute Gasteiger partial charge is 0.258 e. The third kappa shape index (κ3) is 6.86. The predicted octanol–water partition coefficient (Wildman–Crippen LogP) is 6.10. The van der Waals surface area contributed by atoms with E-state index in [4.69, 9.17) is 46.4 Å². The summed E-state index contributed by atoms with van der Waals surface area (Å²) in [7, 11) is 1.58. The monoisotopic (exact) mass is 548 g/mol. The Labute approximate surface area is 220 Å². The Morgan fingerprint density at radius 1 is 0.686 bits per heavy atom. The van der Waals surface area contributed by atoms with Gasteiger partial charge in [-0.05, 0) is 24.3 Å². The van der Waals surface area contributed by atoms with Crippen LogP contribution in [0.2, 0.25) is 20.6 Å². The lowest BCUT2D eigenvalue weighted by atomic mass is 10.2. The van der Waals surface area contributed by atoms with Crippen LogP contribution in [0.4, 0.5) is 11.4 Å². The van der Waals surface area contributed by atoms with Crippen molar-refractivity contribution in [2.75, 3.05) is 17.3 Å². The Morgan fingerprint density at radius 3 is 1.60 bits per heavy atom. The van der Waals surface area contributed by atoms with Gasteiger partial charge in [0.2, 0.25) is 0 Å². The summed E-state index contributed by atoms with van der Waals surface area (Å²) in [6.07, 6.45) is 2.47. The molecule has 4 aromatic rings. The second-order valence-corrected chi connectivity index (χ2v) is 8.12. The van der Waals surface area contributed by atoms with Crippen LogP contribution in [0.15, 0.2) is 73.3 Å². The molecular formula is C23H16Cl4N6O2. The van der Waals surface area contributed by atoms with E-state index in [2.05, 4.69) is 25.3 Å². The van der Waals surface area contributed by atoms with Crippen LogP contribution in [0.3, 0.4) is 0 Å². The molecule has 8 nitrogen and oxygen atoms in total. The Kier molecular flexibility index (Phi) is 9.33. The number of hydrogen-bond acceptors (Lipinski definition) is 6. The van der Waals surface area contributed by atoms with Gasteiger partial charge < -0.3 is 10.2 Å². The first-order chi connectivity index (χ1) is 16.8. The molecule has 0 aliphatic carbocycles. The normalized spacial score (nSPS) is 10.1. The van der Waals surface area contributed by atoms with Gasteiger partial charge in [0.15, 0.2) is 20.6 Å². The second-order valence-electron chi connectivity index (χ2n) is 6.68. The third-order valence-corrected chi connectivity index (χ3v) is 5.55. The Bertz CT molecular complexity index is 1290. The number of benzene rings is 2. The topological polar surface area (TPSA) is 101 Å². The van der Waals surface area contributed by atoms with E-state index in [1.807, 2.05) is 12.1 Å². The van der Waals surface area contributed by atoms with Crippen LogP contribution in [0, 0.1) is 0 Å². The molecular weight excluding hydrogens is 534 g/mol. The summed E-state index contributed by atoms with van der Waals surface area (Å²) in [6.45, 7) is 0. The van der Waals surface area contributed by atoms with Gasteiger partial charge >= 0.3 is 0 Å². The number of carbonyl (C=O) groups excluding carboxylic acids is 2. The lowest BCUT2D eigenvalue weighted by Crippen LogP contribution is -2.27. The molecule has 0 radical (unpaired) electrons. The van der Waals surface area contributed by atoms with E-state index in [0.717, 1.165) is 0 Å². The zero-order valence-electron chi connectivity index (χ0n) is 18.0. The Morgan fingerprint density at radius 2 is 1.11 bits per heavy atom. The predicted molar refractivity (Wildman–Crippen MR) is 138 cm³/mol. The van der Waals surface area contributed by atoms with Crippen molar-refractivity contribution in [2.45, 2.75) is 0 Å². The quantitative estimate of drug-likeness (QED) is 0.309. The van der Waals surface area contributed by atoms with Crippen molar-refractivity contribution in [1.29, 1.82) is 0 Å². The highest BCUT2D eigenvalue weighted by atomic mass is 35.5. The zero-order valence-corrected chi connectivity index (χ0v) is 21.0. The van der Waals surface area contributed by atoms with Crippen molar-refractivity contribution < 1.29 is 9.59 Å². The number of rotatable bonds is 4. The van der Waals surface area contributed by atoms with Gasteiger partial charge in [-0.3, -0.25) is 9.59 Å². The number of nitrogens with zero attached hydrogens (tertiary/aromatic N) is 5. The molecule has 0 saturated carbocycles. The highest BCUT2D eigenvalue weighted by molar-refractivity contribution is 6.39. The molecule has 0 aliphatic rings. The Balaban J connectivity index is 0.000000196. The standard InChI is InChI=1S/C12H9Cl2N3O.C11H7Cl2N3O/c1-17(9-10(13)15-7-16-11(9)14)12(18)8-5-3-2-4-6-8;12-9-8(10(13)15-6-14-9)16-11(17)7-4-2-1-3-5-7/h2-7H,1H3;1-6H,(H,16,17). The molecule has 178 valence electrons. The molecule has 4 rings (SSSR count). The van der Waals surface area contributed by atoms with Crippen LogP contribution in [0.5, 0.6) is 0 Å². The SMILES string of the molecule is CN(C(=O)c1ccccc1)c1c(Cl)ncnc1Cl.O=C(Nc1c(Cl)ncnc1Cl)c1ccccc1. The average Bonchev–Trinajstić information content (AvgIpc) is 2.87. The third-order valence-electron chi connectivity index (χ3n) is 4.42. The fourth-order valence-corrected chi connectivity index (χ4v) is 3.69. The number of aromatic nitrogens is 4. The van der Waals surface area contributed by atoms with Gasteiger partial charge in [0.25, 0.3) is 11.8 Å². The summed E-state index contributed by atoms with van der Waals surface area (Å²) in [4.78, 5) is 40.5. The second kappa shape index (κ2) is 12.4. The largest absolute Gasteiger partial charge is 0.317 e. The van der Waals surface area contributed by atoms with Crippen LogP contribution < -0.4 is 10.2 Å². The molecule has 2 heterocycles. The first kappa shape index (κ1) is 26.3. The lowest BCUT2D eigenvalue weighted by Gasteiger charge is -2.18. The first-order valence-corrected chi connectivity index (χ1v) is 11.3. The van der Waals surface area contributed by atoms with E-state index >= 15 is 0 Å². The minimum Gasteiger partial charge on any atom is -0.317 e. The molecule has 0 bridgehead atoms. The van der Waals surface area contributed by atoms with E-state index in [-0.39, 0.29) is 38.1 Å². The molecule has 0 unspecified atom stereocenters. The first-order valence-electron chi connectivity index (χ1n) is 9.81. The van der Waals surface area contributed by atoms with Crippen molar-refractivity contribution in [1.82, 2.24) is 19.9 Å². The van der Waals surface area contributed by atoms with Crippen LogP contribution in [0.1, 0.15) is 20.7 Å². The summed E-state index contributed by atoms with van der Waals surface area (Å²) in [5, 5.41) is 3.06. The van der Waals surface area contributed by atoms with Gasteiger partial charge in [-0.1, -0.05) is 82.8 Å². The lowest BCUT2D eigenvalue weighted by molar-refractivity contribution is 0.0991. The summed E-state index contributed by atoms with van der Waals surface area (Å²) in [6, 6.07) is 17.5. The molecule has 2 aromatic carbocycles. The summed E-state index contributed by atoms with van der Waals surface area (Å²) < 4.78 is 0. The molecule has 2 aromatic heterocycles. The average molecular weight is 550 g/mol. The summed E-state index contributed by atoms with van der Waals surface area (Å²) in [5.74, 6) is -0.543. The van der Waals surface area contributed by atoms with Crippen LogP contribution in [0.25, 0.3) is 0 Å². The molecule has 0 aliphatic heterocycles. The number of anilines is 2. The van der Waals surface area contributed by atoms with E-state index in [1.54, 1.807) is 55.6 Å². The highest BCUT2D eigenvalue weighted by Crippen LogP contribution is 2.30. The van der Waals surface area contributed by atoms with Gasteiger partial charge in [-0.15, -0.1) is 0 Å². The molecule has 35 heavy (non-hydrogen) atoms. The number of amides is 2. The van der Waals surface area contributed by atoms with Gasteiger partial charge in [-0.2, -0.15) is 0 Å². The van der Waals surface area contributed by atoms with Crippen LogP contribution in [-0.2, 0) is 0 Å². The van der Waals surface area contributed by atoms with Crippen molar-refractivity contribution >= 4 is 69.6 Å². The zero-order chi connectivity index (χ0) is 25.4. The summed E-state index contributed by atoms with van der Waals surface area (Å²) in [5.41, 5.74) is 1.55. The number of hydrogen-bond donors (Lipinski definition) is 1. The molecule has 1 N–H and O–H groups in total. The van der Waals surface area contributed by atoms with Gasteiger partial charge in [-0.25, -0.2) is 19.9 Å². The summed E-state index contributed by atoms with van der Waals surface area (Å²) >= 11 is 23.5. The maximum Gasteiger partial charge on any atom is 0.258 e. The van der Waals surface area contributed by atoms with Gasteiger partial charge in [0, 0.05) is 18.2 Å². The molecule has 2 amide bonds. The molecule has 0 atom stereocenters. The molecule has 0 spiro atoms. The minimum atomic E-state index is -0.316. The van der Waals surface area contributed by atoms with E-state index < -0.39 is 0 Å². The molecule has 0 fully saturated rings. The number of nitrogens with one attached hydrogen (secondary N) is 1. The maximum absolute atomic E-state index is 12.2. The van der Waals surface area contributed by atoms with Crippen molar-refractivity contribution in [3.05, 3.63) is 105 Å². The van der Waals surface area contributed by atoms with Crippen LogP contribution in [-0.4, -0.2) is 38.8 Å². The van der Waals surface area contributed by atoms with Crippen molar-refractivity contribution in [3.63, 3.8) is 0 Å². The highest BCUT2D eigenvalue weighted by Gasteiger charge is 2.20. The molecule has 0 saturated heterocycles. The van der Waals surface area contributed by atoms with Crippen LogP contribution >= 0.6 is 46.4 Å². The maximum atomic E-state index is 12.2. The van der Waals surface area contributed by atoms with E-state index in [9.17, 15) is 9.59 Å². The number of halogens is 4. The van der Waals surface area contributed by atoms with E-state index in [0.29, 0.717) is 16.8 Å². The van der Waals surface area contributed by atoms with Gasteiger partial charge in [0.1, 0.15) is 24.0 Å². The van der Waals surface area contributed by atoms with Crippen molar-refractivity contribution in [2.24, 2.45) is 0 Å². The number of carbonyl (C=O) groups is 2.